The van der Waals surface area contributed by atoms with Crippen LogP contribution in [0.1, 0.15) is 5.56 Å². The number of rotatable bonds is 3. The summed E-state index contributed by atoms with van der Waals surface area (Å²) in [5.41, 5.74) is -0.203. The van der Waals surface area contributed by atoms with Crippen LogP contribution in [-0.4, -0.2) is 18.0 Å². The largest absolute Gasteiger partial charge is 0.331 e. The Hall–Kier alpha value is -0.990. The van der Waals surface area contributed by atoms with Crippen molar-refractivity contribution in [1.82, 2.24) is 9.55 Å². The lowest BCUT2D eigenvalue weighted by Gasteiger charge is -2.06. The summed E-state index contributed by atoms with van der Waals surface area (Å²) in [6.07, 6.45) is 2.23. The van der Waals surface area contributed by atoms with Crippen molar-refractivity contribution in [2.75, 3.05) is 0 Å². The molecule has 0 saturated carbocycles. The smallest absolute Gasteiger partial charge is 0.280 e. The fourth-order valence-electron chi connectivity index (χ4n) is 1.45. The van der Waals surface area contributed by atoms with Crippen molar-refractivity contribution < 1.29 is 17.2 Å². The summed E-state index contributed by atoms with van der Waals surface area (Å²) < 4.78 is 50.6. The van der Waals surface area contributed by atoms with Crippen molar-refractivity contribution in [2.45, 2.75) is 11.6 Å². The van der Waals surface area contributed by atoms with Gasteiger partial charge in [0.2, 0.25) is 0 Å². The van der Waals surface area contributed by atoms with E-state index < -0.39 is 20.7 Å². The van der Waals surface area contributed by atoms with Gasteiger partial charge in [-0.25, -0.2) is 22.2 Å². The van der Waals surface area contributed by atoms with Gasteiger partial charge in [-0.15, -0.1) is 0 Å². The van der Waals surface area contributed by atoms with Crippen LogP contribution in [0.2, 0.25) is 0 Å². The SMILES string of the molecule is O=S(=O)(Cl)c1cn(Cc2c(F)ccc(Br)c2F)cn1. The van der Waals surface area contributed by atoms with E-state index in [1.54, 1.807) is 0 Å². The molecule has 1 aromatic carbocycles. The van der Waals surface area contributed by atoms with E-state index >= 15 is 0 Å². The van der Waals surface area contributed by atoms with Gasteiger partial charge in [0.15, 0.2) is 5.03 Å². The second-order valence-corrected chi connectivity index (χ2v) is 7.01. The van der Waals surface area contributed by atoms with Gasteiger partial charge in [0.25, 0.3) is 9.05 Å². The third-order valence-electron chi connectivity index (χ3n) is 2.34. The van der Waals surface area contributed by atoms with Crippen molar-refractivity contribution >= 4 is 35.7 Å². The molecule has 1 heterocycles. The Morgan fingerprint density at radius 3 is 2.63 bits per heavy atom. The molecule has 4 nitrogen and oxygen atoms in total. The molecular formula is C10H6BrClF2N2O2S. The van der Waals surface area contributed by atoms with Crippen LogP contribution in [0.25, 0.3) is 0 Å². The monoisotopic (exact) mass is 370 g/mol. The van der Waals surface area contributed by atoms with Gasteiger partial charge in [-0.1, -0.05) is 0 Å². The van der Waals surface area contributed by atoms with Crippen molar-refractivity contribution in [3.05, 3.63) is 46.3 Å². The highest BCUT2D eigenvalue weighted by molar-refractivity contribution is 9.10. The van der Waals surface area contributed by atoms with E-state index in [1.165, 1.54) is 10.6 Å². The van der Waals surface area contributed by atoms with Gasteiger partial charge in [-0.05, 0) is 28.1 Å². The van der Waals surface area contributed by atoms with Gasteiger partial charge in [-0.2, -0.15) is 0 Å². The number of hydrogen-bond donors (Lipinski definition) is 0. The zero-order chi connectivity index (χ0) is 14.2. The van der Waals surface area contributed by atoms with Crippen LogP contribution in [0.3, 0.4) is 0 Å². The summed E-state index contributed by atoms with van der Waals surface area (Å²) in [4.78, 5) is 3.55. The van der Waals surface area contributed by atoms with Crippen molar-refractivity contribution in [1.29, 1.82) is 0 Å². The summed E-state index contributed by atoms with van der Waals surface area (Å²) in [7, 11) is 1.14. The average molecular weight is 372 g/mol. The molecule has 1 aromatic heterocycles. The molecule has 0 amide bonds. The van der Waals surface area contributed by atoms with Crippen LogP contribution in [0, 0.1) is 11.6 Å². The van der Waals surface area contributed by atoms with Crippen molar-refractivity contribution in [3.8, 4) is 0 Å². The molecule has 2 aromatic rings. The molecule has 0 atom stereocenters. The van der Waals surface area contributed by atoms with Crippen LogP contribution in [-0.2, 0) is 15.6 Å². The third kappa shape index (κ3) is 3.13. The van der Waals surface area contributed by atoms with Gasteiger partial charge in [-0.3, -0.25) is 0 Å². The average Bonchev–Trinajstić information content (AvgIpc) is 2.78. The molecule has 19 heavy (non-hydrogen) atoms. The molecule has 0 N–H and O–H groups in total. The first kappa shape index (κ1) is 14.4. The summed E-state index contributed by atoms with van der Waals surface area (Å²) in [6, 6.07) is 2.36. The first-order valence-electron chi connectivity index (χ1n) is 4.88. The topological polar surface area (TPSA) is 52.0 Å². The molecule has 0 bridgehead atoms. The fraction of sp³-hybridized carbons (Fsp3) is 0.100. The van der Waals surface area contributed by atoms with E-state index in [1.807, 2.05) is 0 Å². The Kier molecular flexibility index (Phi) is 3.93. The maximum atomic E-state index is 13.7. The fourth-order valence-corrected chi connectivity index (χ4v) is 2.49. The normalized spacial score (nSPS) is 11.8. The molecule has 2 rings (SSSR count). The predicted molar refractivity (Wildman–Crippen MR) is 68.4 cm³/mol. The molecule has 9 heteroatoms. The highest BCUT2D eigenvalue weighted by Crippen LogP contribution is 2.23. The van der Waals surface area contributed by atoms with Crippen LogP contribution >= 0.6 is 26.6 Å². The van der Waals surface area contributed by atoms with E-state index in [4.69, 9.17) is 10.7 Å². The maximum Gasteiger partial charge on any atom is 0.280 e. The molecule has 0 aliphatic rings. The zero-order valence-corrected chi connectivity index (χ0v) is 12.3. The number of halogens is 4. The molecule has 0 unspecified atom stereocenters. The second kappa shape index (κ2) is 5.18. The molecule has 0 aliphatic heterocycles. The molecule has 0 saturated heterocycles. The molecule has 0 radical (unpaired) electrons. The first-order chi connectivity index (χ1) is 8.79. The van der Waals surface area contributed by atoms with Crippen LogP contribution < -0.4 is 0 Å². The van der Waals surface area contributed by atoms with Gasteiger partial charge >= 0.3 is 0 Å². The quantitative estimate of drug-likeness (QED) is 0.616. The van der Waals surface area contributed by atoms with Crippen LogP contribution in [0.5, 0.6) is 0 Å². The van der Waals surface area contributed by atoms with E-state index in [-0.39, 0.29) is 21.6 Å². The van der Waals surface area contributed by atoms with Crippen LogP contribution in [0.4, 0.5) is 8.78 Å². The minimum atomic E-state index is -3.96. The molecular weight excluding hydrogens is 366 g/mol. The Labute approximate surface area is 120 Å². The Morgan fingerprint density at radius 2 is 2.05 bits per heavy atom. The summed E-state index contributed by atoms with van der Waals surface area (Å²) in [5, 5.41) is -0.370. The van der Waals surface area contributed by atoms with E-state index in [0.29, 0.717) is 0 Å². The number of hydrogen-bond acceptors (Lipinski definition) is 3. The van der Waals surface area contributed by atoms with Crippen LogP contribution in [0.15, 0.2) is 34.2 Å². The van der Waals surface area contributed by atoms with E-state index in [0.717, 1.165) is 18.6 Å². The van der Waals surface area contributed by atoms with E-state index in [2.05, 4.69) is 20.9 Å². The van der Waals surface area contributed by atoms with Gasteiger partial charge in [0.05, 0.1) is 17.3 Å². The van der Waals surface area contributed by atoms with Gasteiger partial charge < -0.3 is 4.57 Å². The number of benzene rings is 1. The number of imidazole rings is 1. The molecule has 0 spiro atoms. The first-order valence-corrected chi connectivity index (χ1v) is 7.98. The highest BCUT2D eigenvalue weighted by atomic mass is 79.9. The summed E-state index contributed by atoms with van der Waals surface area (Å²) in [5.74, 6) is -1.48. The molecule has 102 valence electrons. The minimum absolute atomic E-state index is 0.120. The lowest BCUT2D eigenvalue weighted by Crippen LogP contribution is -2.03. The summed E-state index contributed by atoms with van der Waals surface area (Å²) in [6.45, 7) is -0.198. The lowest BCUT2D eigenvalue weighted by molar-refractivity contribution is 0.540. The van der Waals surface area contributed by atoms with E-state index in [9.17, 15) is 17.2 Å². The molecule has 0 aliphatic carbocycles. The number of nitrogens with zero attached hydrogens (tertiary/aromatic N) is 2. The van der Waals surface area contributed by atoms with Gasteiger partial charge in [0, 0.05) is 22.4 Å². The second-order valence-electron chi connectivity index (χ2n) is 3.64. The highest BCUT2D eigenvalue weighted by Gasteiger charge is 2.16. The standard InChI is InChI=1S/C10H6BrClF2N2O2S/c11-7-1-2-8(13)6(10(7)14)3-16-4-9(15-5-16)19(12,17)18/h1-2,4-5H,3H2. The maximum absolute atomic E-state index is 13.7. The number of aromatic nitrogens is 2. The Balaban J connectivity index is 2.37. The Bertz CT molecular complexity index is 733. The van der Waals surface area contributed by atoms with Gasteiger partial charge in [0.1, 0.15) is 11.6 Å². The minimum Gasteiger partial charge on any atom is -0.331 e. The molecule has 0 fully saturated rings. The van der Waals surface area contributed by atoms with Crippen molar-refractivity contribution in [3.63, 3.8) is 0 Å². The third-order valence-corrected chi connectivity index (χ3v) is 4.14. The zero-order valence-electron chi connectivity index (χ0n) is 9.15. The predicted octanol–water partition coefficient (Wildman–Crippen LogP) is 2.90. The van der Waals surface area contributed by atoms with Crippen molar-refractivity contribution in [2.24, 2.45) is 0 Å². The lowest BCUT2D eigenvalue weighted by atomic mass is 10.2. The summed E-state index contributed by atoms with van der Waals surface area (Å²) >= 11 is 2.95. The Morgan fingerprint density at radius 1 is 1.37 bits per heavy atom.